The molecule has 0 fully saturated rings. The zero-order valence-corrected chi connectivity index (χ0v) is 17.8. The van der Waals surface area contributed by atoms with Crippen molar-refractivity contribution in [2.75, 3.05) is 13.1 Å². The molecule has 0 saturated heterocycles. The third kappa shape index (κ3) is 6.71. The van der Waals surface area contributed by atoms with Crippen LogP contribution in [0.1, 0.15) is 18.1 Å². The maximum absolute atomic E-state index is 4.70. The van der Waals surface area contributed by atoms with Crippen LogP contribution in [0, 0.1) is 0 Å². The largest absolute Gasteiger partial charge is 0.357 e. The third-order valence-electron chi connectivity index (χ3n) is 3.99. The SMILES string of the molecule is CCNC(=NCc1cccc(-n2cccn2)c1)NCCc1ccccc1.I. The fraction of sp³-hybridized carbons (Fsp3) is 0.238. The van der Waals surface area contributed by atoms with Gasteiger partial charge in [0.05, 0.1) is 12.2 Å². The van der Waals surface area contributed by atoms with Crippen molar-refractivity contribution in [2.45, 2.75) is 19.9 Å². The predicted molar refractivity (Wildman–Crippen MR) is 122 cm³/mol. The van der Waals surface area contributed by atoms with Crippen molar-refractivity contribution in [3.05, 3.63) is 84.2 Å². The van der Waals surface area contributed by atoms with Crippen molar-refractivity contribution in [1.29, 1.82) is 0 Å². The van der Waals surface area contributed by atoms with Crippen LogP contribution in [-0.2, 0) is 13.0 Å². The van der Waals surface area contributed by atoms with Gasteiger partial charge < -0.3 is 10.6 Å². The molecule has 0 amide bonds. The Morgan fingerprint density at radius 3 is 2.56 bits per heavy atom. The summed E-state index contributed by atoms with van der Waals surface area (Å²) in [6.45, 7) is 4.39. The number of aliphatic imine (C=N–C) groups is 1. The maximum atomic E-state index is 4.70. The highest BCUT2D eigenvalue weighted by atomic mass is 127. The van der Waals surface area contributed by atoms with Crippen LogP contribution in [0.25, 0.3) is 5.69 Å². The van der Waals surface area contributed by atoms with Gasteiger partial charge in [-0.3, -0.25) is 0 Å². The molecule has 2 N–H and O–H groups in total. The van der Waals surface area contributed by atoms with Crippen LogP contribution in [0.2, 0.25) is 0 Å². The summed E-state index contributed by atoms with van der Waals surface area (Å²) in [7, 11) is 0. The third-order valence-corrected chi connectivity index (χ3v) is 3.99. The number of halogens is 1. The van der Waals surface area contributed by atoms with Gasteiger partial charge >= 0.3 is 0 Å². The van der Waals surface area contributed by atoms with E-state index in [1.54, 1.807) is 6.20 Å². The molecule has 27 heavy (non-hydrogen) atoms. The highest BCUT2D eigenvalue weighted by Gasteiger charge is 2.01. The quantitative estimate of drug-likeness (QED) is 0.311. The van der Waals surface area contributed by atoms with Crippen LogP contribution in [-0.4, -0.2) is 28.8 Å². The van der Waals surface area contributed by atoms with Gasteiger partial charge in [0.15, 0.2) is 5.96 Å². The van der Waals surface area contributed by atoms with Crippen molar-refractivity contribution < 1.29 is 0 Å². The Kier molecular flexibility index (Phi) is 8.83. The van der Waals surface area contributed by atoms with Gasteiger partial charge in [-0.15, -0.1) is 24.0 Å². The maximum Gasteiger partial charge on any atom is 0.191 e. The molecule has 0 saturated carbocycles. The second-order valence-electron chi connectivity index (χ2n) is 5.98. The minimum Gasteiger partial charge on any atom is -0.357 e. The highest BCUT2D eigenvalue weighted by molar-refractivity contribution is 14.0. The summed E-state index contributed by atoms with van der Waals surface area (Å²) in [5, 5.41) is 11.0. The van der Waals surface area contributed by atoms with Gasteiger partial charge in [0.2, 0.25) is 0 Å². The van der Waals surface area contributed by atoms with Gasteiger partial charge in [0.25, 0.3) is 0 Å². The fourth-order valence-corrected chi connectivity index (χ4v) is 2.70. The molecule has 5 nitrogen and oxygen atoms in total. The first-order valence-corrected chi connectivity index (χ1v) is 9.00. The van der Waals surface area contributed by atoms with Crippen molar-refractivity contribution >= 4 is 29.9 Å². The average Bonchev–Trinajstić information content (AvgIpc) is 3.22. The summed E-state index contributed by atoms with van der Waals surface area (Å²) >= 11 is 0. The van der Waals surface area contributed by atoms with E-state index in [0.29, 0.717) is 6.54 Å². The molecule has 0 aliphatic carbocycles. The van der Waals surface area contributed by atoms with Crippen molar-refractivity contribution in [3.8, 4) is 5.69 Å². The van der Waals surface area contributed by atoms with Crippen LogP contribution < -0.4 is 10.6 Å². The van der Waals surface area contributed by atoms with Gasteiger partial charge in [0.1, 0.15) is 0 Å². The molecule has 0 spiro atoms. The van der Waals surface area contributed by atoms with Gasteiger partial charge in [-0.25, -0.2) is 9.67 Å². The van der Waals surface area contributed by atoms with E-state index in [-0.39, 0.29) is 24.0 Å². The van der Waals surface area contributed by atoms with Crippen molar-refractivity contribution in [3.63, 3.8) is 0 Å². The van der Waals surface area contributed by atoms with Gasteiger partial charge in [-0.05, 0) is 42.7 Å². The van der Waals surface area contributed by atoms with E-state index in [4.69, 9.17) is 4.99 Å². The van der Waals surface area contributed by atoms with Gasteiger partial charge in [-0.2, -0.15) is 5.10 Å². The summed E-state index contributed by atoms with van der Waals surface area (Å²) in [6.07, 6.45) is 4.70. The molecule has 0 bridgehead atoms. The Balaban J connectivity index is 0.00000261. The first kappa shape index (κ1) is 21.0. The van der Waals surface area contributed by atoms with E-state index in [1.807, 2.05) is 35.1 Å². The molecule has 1 heterocycles. The Hall–Kier alpha value is -2.35. The highest BCUT2D eigenvalue weighted by Crippen LogP contribution is 2.10. The van der Waals surface area contributed by atoms with Gasteiger partial charge in [0, 0.05) is 25.5 Å². The van der Waals surface area contributed by atoms with Crippen LogP contribution in [0.5, 0.6) is 0 Å². The van der Waals surface area contributed by atoms with E-state index < -0.39 is 0 Å². The topological polar surface area (TPSA) is 54.2 Å². The second kappa shape index (κ2) is 11.4. The second-order valence-corrected chi connectivity index (χ2v) is 5.98. The van der Waals surface area contributed by atoms with E-state index in [9.17, 15) is 0 Å². The molecule has 0 atom stereocenters. The van der Waals surface area contributed by atoms with Crippen molar-refractivity contribution in [2.24, 2.45) is 4.99 Å². The monoisotopic (exact) mass is 475 g/mol. The minimum absolute atomic E-state index is 0. The summed E-state index contributed by atoms with van der Waals surface area (Å²) in [6, 6.07) is 20.7. The molecule has 0 aliphatic rings. The molecule has 1 aromatic heterocycles. The van der Waals surface area contributed by atoms with E-state index >= 15 is 0 Å². The summed E-state index contributed by atoms with van der Waals surface area (Å²) in [4.78, 5) is 4.70. The number of rotatable bonds is 7. The Bertz CT molecular complexity index is 816. The van der Waals surface area contributed by atoms with E-state index in [0.717, 1.165) is 36.7 Å². The zero-order chi connectivity index (χ0) is 18.0. The van der Waals surface area contributed by atoms with E-state index in [2.05, 4.69) is 59.1 Å². The standard InChI is InChI=1S/C21H25N5.HI/c1-2-22-21(23-14-12-18-8-4-3-5-9-18)24-17-19-10-6-11-20(16-19)26-15-7-13-25-26;/h3-11,13,15-16H,2,12,14,17H2,1H3,(H2,22,23,24);1H. The minimum atomic E-state index is 0. The summed E-state index contributed by atoms with van der Waals surface area (Å²) < 4.78 is 1.86. The van der Waals surface area contributed by atoms with Crippen LogP contribution in [0.15, 0.2) is 78.0 Å². The number of hydrogen-bond acceptors (Lipinski definition) is 2. The molecule has 3 rings (SSSR count). The molecule has 2 aromatic carbocycles. The molecule has 0 radical (unpaired) electrons. The van der Waals surface area contributed by atoms with Crippen LogP contribution in [0.4, 0.5) is 0 Å². The average molecular weight is 475 g/mol. The summed E-state index contributed by atoms with van der Waals surface area (Å²) in [5.41, 5.74) is 3.52. The smallest absolute Gasteiger partial charge is 0.191 e. The molecular weight excluding hydrogens is 449 g/mol. The normalized spacial score (nSPS) is 10.9. The lowest BCUT2D eigenvalue weighted by molar-refractivity contribution is 0.799. The molecule has 142 valence electrons. The summed E-state index contributed by atoms with van der Waals surface area (Å²) in [5.74, 6) is 0.841. The number of guanidine groups is 1. The zero-order valence-electron chi connectivity index (χ0n) is 15.5. The molecular formula is C21H26IN5. The van der Waals surface area contributed by atoms with Crippen LogP contribution >= 0.6 is 24.0 Å². The predicted octanol–water partition coefficient (Wildman–Crippen LogP) is 3.79. The lowest BCUT2D eigenvalue weighted by Crippen LogP contribution is -2.38. The first-order chi connectivity index (χ1) is 12.8. The number of nitrogens with zero attached hydrogens (tertiary/aromatic N) is 3. The number of aromatic nitrogens is 2. The molecule has 0 unspecified atom stereocenters. The van der Waals surface area contributed by atoms with Crippen molar-refractivity contribution in [1.82, 2.24) is 20.4 Å². The van der Waals surface area contributed by atoms with Gasteiger partial charge in [-0.1, -0.05) is 42.5 Å². The van der Waals surface area contributed by atoms with Crippen LogP contribution in [0.3, 0.4) is 0 Å². The molecule has 6 heteroatoms. The lowest BCUT2D eigenvalue weighted by Gasteiger charge is -2.11. The Labute approximate surface area is 177 Å². The first-order valence-electron chi connectivity index (χ1n) is 9.00. The molecule has 3 aromatic rings. The number of benzene rings is 2. The van der Waals surface area contributed by atoms with E-state index in [1.165, 1.54) is 5.56 Å². The Morgan fingerprint density at radius 1 is 1.00 bits per heavy atom. The number of hydrogen-bond donors (Lipinski definition) is 2. The number of nitrogens with one attached hydrogen (secondary N) is 2. The lowest BCUT2D eigenvalue weighted by atomic mass is 10.1. The molecule has 0 aliphatic heterocycles. The Morgan fingerprint density at radius 2 is 1.81 bits per heavy atom. The fourth-order valence-electron chi connectivity index (χ4n) is 2.70.